The lowest BCUT2D eigenvalue weighted by atomic mass is 10.0. The number of carbonyl (C=O) groups excluding carboxylic acids is 1. The Morgan fingerprint density at radius 3 is 2.71 bits per heavy atom. The largest absolute Gasteiger partial charge is 0.367 e. The molecule has 1 saturated heterocycles. The summed E-state index contributed by atoms with van der Waals surface area (Å²) in [6.45, 7) is 3.25. The van der Waals surface area contributed by atoms with Crippen LogP contribution in [0.4, 0.5) is 0 Å². The van der Waals surface area contributed by atoms with Gasteiger partial charge < -0.3 is 19.6 Å². The highest BCUT2D eigenvalue weighted by Crippen LogP contribution is 2.25. The Balaban J connectivity index is 1.34. The quantitative estimate of drug-likeness (QED) is 0.715. The van der Waals surface area contributed by atoms with Gasteiger partial charge in [-0.05, 0) is 43.0 Å². The van der Waals surface area contributed by atoms with Gasteiger partial charge in [-0.3, -0.25) is 4.79 Å². The number of hydrogen-bond acceptors (Lipinski definition) is 3. The lowest BCUT2D eigenvalue weighted by Crippen LogP contribution is -2.45. The van der Waals surface area contributed by atoms with E-state index in [0.29, 0.717) is 19.5 Å². The van der Waals surface area contributed by atoms with Crippen LogP contribution in [-0.2, 0) is 16.0 Å². The smallest absolute Gasteiger partial charge is 0.323 e. The Morgan fingerprint density at radius 2 is 1.89 bits per heavy atom. The van der Waals surface area contributed by atoms with Crippen molar-refractivity contribution in [3.63, 3.8) is 0 Å². The van der Waals surface area contributed by atoms with Gasteiger partial charge >= 0.3 is 5.69 Å². The summed E-state index contributed by atoms with van der Waals surface area (Å²) in [6.07, 6.45) is 2.05. The topological polar surface area (TPSA) is 78.2 Å². The van der Waals surface area contributed by atoms with Gasteiger partial charge in [0.25, 0.3) is 0 Å². The molecule has 1 aliphatic heterocycles. The van der Waals surface area contributed by atoms with E-state index in [1.54, 1.807) is 0 Å². The molecule has 0 aliphatic carbocycles. The van der Waals surface area contributed by atoms with Crippen molar-refractivity contribution >= 4 is 16.9 Å². The average Bonchev–Trinajstić information content (AvgIpc) is 3.07. The summed E-state index contributed by atoms with van der Waals surface area (Å²) < 4.78 is 6.04. The molecule has 1 aliphatic rings. The van der Waals surface area contributed by atoms with Crippen molar-refractivity contribution in [1.82, 2.24) is 14.9 Å². The van der Waals surface area contributed by atoms with E-state index >= 15 is 0 Å². The van der Waals surface area contributed by atoms with Gasteiger partial charge in [-0.25, -0.2) is 4.79 Å². The number of amides is 1. The molecule has 1 amide bonds. The zero-order valence-electron chi connectivity index (χ0n) is 16.0. The van der Waals surface area contributed by atoms with Crippen LogP contribution in [0, 0.1) is 0 Å². The molecule has 2 N–H and O–H groups in total. The third kappa shape index (κ3) is 4.17. The van der Waals surface area contributed by atoms with Crippen molar-refractivity contribution in [3.8, 4) is 0 Å². The second-order valence-electron chi connectivity index (χ2n) is 7.46. The standard InChI is InChI=1S/C22H25N3O3/c1-15-13-25(14-20(28-15)17-7-3-2-4-8-17)21(26)9-5-6-16-10-11-18-19(12-16)24-22(27)23-18/h2-4,7-8,10-12,15,20H,5-6,9,13-14H2,1H3,(H2,23,24,27)/t15-,20+/m1/s1. The summed E-state index contributed by atoms with van der Waals surface area (Å²) in [5.74, 6) is 0.173. The number of aromatic nitrogens is 2. The lowest BCUT2D eigenvalue weighted by Gasteiger charge is -2.37. The number of rotatable bonds is 5. The van der Waals surface area contributed by atoms with Crippen molar-refractivity contribution in [2.75, 3.05) is 13.1 Å². The normalized spacial score (nSPS) is 19.8. The van der Waals surface area contributed by atoms with E-state index in [-0.39, 0.29) is 23.8 Å². The summed E-state index contributed by atoms with van der Waals surface area (Å²) in [7, 11) is 0. The van der Waals surface area contributed by atoms with Gasteiger partial charge in [-0.1, -0.05) is 36.4 Å². The number of imidazole rings is 1. The summed E-state index contributed by atoms with van der Waals surface area (Å²) in [5, 5.41) is 0. The predicted molar refractivity (Wildman–Crippen MR) is 108 cm³/mol. The number of nitrogens with one attached hydrogen (secondary N) is 2. The monoisotopic (exact) mass is 379 g/mol. The minimum Gasteiger partial charge on any atom is -0.367 e. The van der Waals surface area contributed by atoms with Gasteiger partial charge in [0.15, 0.2) is 0 Å². The molecule has 0 radical (unpaired) electrons. The fourth-order valence-electron chi connectivity index (χ4n) is 3.84. The van der Waals surface area contributed by atoms with Gasteiger partial charge in [0, 0.05) is 13.0 Å². The van der Waals surface area contributed by atoms with Crippen LogP contribution < -0.4 is 5.69 Å². The molecule has 2 aromatic carbocycles. The Hall–Kier alpha value is -2.86. The van der Waals surface area contributed by atoms with Crippen LogP contribution in [0.5, 0.6) is 0 Å². The molecular weight excluding hydrogens is 354 g/mol. The van der Waals surface area contributed by atoms with Gasteiger partial charge in [0.2, 0.25) is 5.91 Å². The second kappa shape index (κ2) is 8.02. The maximum atomic E-state index is 12.7. The number of carbonyl (C=O) groups is 1. The van der Waals surface area contributed by atoms with Gasteiger partial charge in [0.05, 0.1) is 23.7 Å². The van der Waals surface area contributed by atoms with Crippen molar-refractivity contribution in [2.45, 2.75) is 38.4 Å². The molecule has 0 spiro atoms. The first-order chi connectivity index (χ1) is 13.6. The van der Waals surface area contributed by atoms with Gasteiger partial charge in [0.1, 0.15) is 6.10 Å². The van der Waals surface area contributed by atoms with Crippen molar-refractivity contribution in [1.29, 1.82) is 0 Å². The Morgan fingerprint density at radius 1 is 1.11 bits per heavy atom. The van der Waals surface area contributed by atoms with Crippen molar-refractivity contribution < 1.29 is 9.53 Å². The average molecular weight is 379 g/mol. The zero-order chi connectivity index (χ0) is 19.5. The SMILES string of the molecule is C[C@@H]1CN(C(=O)CCCc2ccc3[nH]c(=O)[nH]c3c2)C[C@@H](c2ccccc2)O1. The van der Waals surface area contributed by atoms with Crippen LogP contribution >= 0.6 is 0 Å². The maximum Gasteiger partial charge on any atom is 0.323 e. The van der Waals surface area contributed by atoms with E-state index in [1.165, 1.54) is 0 Å². The molecule has 146 valence electrons. The molecule has 3 aromatic rings. The van der Waals surface area contributed by atoms with Gasteiger partial charge in [-0.15, -0.1) is 0 Å². The zero-order valence-corrected chi connectivity index (χ0v) is 16.0. The summed E-state index contributed by atoms with van der Waals surface area (Å²) in [4.78, 5) is 31.6. The number of aromatic amines is 2. The van der Waals surface area contributed by atoms with E-state index in [2.05, 4.69) is 9.97 Å². The predicted octanol–water partition coefficient (Wildman–Crippen LogP) is 3.17. The van der Waals surface area contributed by atoms with Crippen LogP contribution in [0.3, 0.4) is 0 Å². The van der Waals surface area contributed by atoms with Gasteiger partial charge in [-0.2, -0.15) is 0 Å². The third-order valence-corrected chi connectivity index (χ3v) is 5.22. The van der Waals surface area contributed by atoms with Crippen LogP contribution in [0.25, 0.3) is 11.0 Å². The highest BCUT2D eigenvalue weighted by atomic mass is 16.5. The molecule has 28 heavy (non-hydrogen) atoms. The Kier molecular flexibility index (Phi) is 5.30. The van der Waals surface area contributed by atoms with Crippen LogP contribution in [-0.4, -0.2) is 40.0 Å². The minimum absolute atomic E-state index is 0.0238. The number of nitrogens with zero attached hydrogens (tertiary/aromatic N) is 1. The molecular formula is C22H25N3O3. The highest BCUT2D eigenvalue weighted by molar-refractivity contribution is 5.77. The molecule has 1 fully saturated rings. The number of morpholine rings is 1. The highest BCUT2D eigenvalue weighted by Gasteiger charge is 2.28. The summed E-state index contributed by atoms with van der Waals surface area (Å²) in [5.41, 5.74) is 3.64. The molecule has 2 atom stereocenters. The van der Waals surface area contributed by atoms with Crippen LogP contribution in [0.2, 0.25) is 0 Å². The first kappa shape index (κ1) is 18.5. The molecule has 6 heteroatoms. The van der Waals surface area contributed by atoms with E-state index in [9.17, 15) is 9.59 Å². The molecule has 4 rings (SSSR count). The third-order valence-electron chi connectivity index (χ3n) is 5.22. The first-order valence-electron chi connectivity index (χ1n) is 9.77. The fraction of sp³-hybridized carbons (Fsp3) is 0.364. The first-order valence-corrected chi connectivity index (χ1v) is 9.77. The molecule has 0 saturated carbocycles. The Bertz CT molecular complexity index is 1010. The molecule has 2 heterocycles. The maximum absolute atomic E-state index is 12.7. The summed E-state index contributed by atoms with van der Waals surface area (Å²) >= 11 is 0. The van der Waals surface area contributed by atoms with E-state index < -0.39 is 0 Å². The number of benzene rings is 2. The Labute approximate surface area is 163 Å². The number of ether oxygens (including phenoxy) is 1. The summed E-state index contributed by atoms with van der Waals surface area (Å²) in [6, 6.07) is 16.0. The van der Waals surface area contributed by atoms with Crippen LogP contribution in [0.15, 0.2) is 53.3 Å². The minimum atomic E-state index is -0.197. The van der Waals surface area contributed by atoms with E-state index in [1.807, 2.05) is 60.4 Å². The fourth-order valence-corrected chi connectivity index (χ4v) is 3.84. The number of hydrogen-bond donors (Lipinski definition) is 2. The lowest BCUT2D eigenvalue weighted by molar-refractivity contribution is -0.145. The number of fused-ring (bicyclic) bond motifs is 1. The molecule has 1 aromatic heterocycles. The van der Waals surface area contributed by atoms with Crippen LogP contribution in [0.1, 0.15) is 37.0 Å². The van der Waals surface area contributed by atoms with E-state index in [0.717, 1.165) is 35.0 Å². The molecule has 6 nitrogen and oxygen atoms in total. The molecule has 0 bridgehead atoms. The van der Waals surface area contributed by atoms with Crippen molar-refractivity contribution in [3.05, 3.63) is 70.1 Å². The van der Waals surface area contributed by atoms with Crippen molar-refractivity contribution in [2.24, 2.45) is 0 Å². The molecule has 0 unspecified atom stereocenters. The number of aryl methyl sites for hydroxylation is 1. The number of H-pyrrole nitrogens is 2. The second-order valence-corrected chi connectivity index (χ2v) is 7.46. The van der Waals surface area contributed by atoms with E-state index in [4.69, 9.17) is 4.74 Å².